The van der Waals surface area contributed by atoms with Crippen LogP contribution >= 0.6 is 12.2 Å². The third-order valence-corrected chi connectivity index (χ3v) is 3.96. The van der Waals surface area contributed by atoms with Crippen LogP contribution in [0.25, 0.3) is 0 Å². The number of aliphatic imine (C=N–C) groups is 1. The highest BCUT2D eigenvalue weighted by Crippen LogP contribution is 2.26. The lowest BCUT2D eigenvalue weighted by atomic mass is 10.2. The Hall–Kier alpha value is -2.88. The largest absolute Gasteiger partial charge is 0.497 e. The molecule has 1 atom stereocenters. The maximum atomic E-state index is 12.7. The van der Waals surface area contributed by atoms with Gasteiger partial charge in [0, 0.05) is 5.56 Å². The van der Waals surface area contributed by atoms with Crippen molar-refractivity contribution in [1.82, 2.24) is 10.0 Å². The molecule has 10 heteroatoms. The summed E-state index contributed by atoms with van der Waals surface area (Å²) < 4.78 is 20.7. The molecule has 1 heterocycles. The summed E-state index contributed by atoms with van der Waals surface area (Å²) in [6.45, 7) is 5.59. The van der Waals surface area contributed by atoms with E-state index in [1.54, 1.807) is 52.1 Å². The van der Waals surface area contributed by atoms with Gasteiger partial charge in [0.05, 0.1) is 26.9 Å². The SMILES string of the molecule is CCOC(=O)N1C(c2ccc(OC)cc2)=NC(C(=S)OCC)N1C(=O)OCC. The molecule has 0 aromatic heterocycles. The number of rotatable bonds is 6. The molecule has 0 saturated carbocycles. The van der Waals surface area contributed by atoms with Gasteiger partial charge < -0.3 is 18.9 Å². The standard InChI is InChI=1S/C18H23N3O6S/c1-5-25-16(28)15-19-14(12-8-10-13(24-4)11-9-12)20(17(22)26-6-2)21(15)18(23)27-7-3/h8-11,15H,5-7H2,1-4H3. The minimum absolute atomic E-state index is 0.0355. The van der Waals surface area contributed by atoms with E-state index in [2.05, 4.69) is 4.99 Å². The van der Waals surface area contributed by atoms with E-state index < -0.39 is 18.4 Å². The van der Waals surface area contributed by atoms with Crippen molar-refractivity contribution in [3.05, 3.63) is 29.8 Å². The number of thiocarbonyl (C=S) groups is 1. The van der Waals surface area contributed by atoms with E-state index in [9.17, 15) is 9.59 Å². The van der Waals surface area contributed by atoms with Crippen molar-refractivity contribution in [1.29, 1.82) is 0 Å². The van der Waals surface area contributed by atoms with Gasteiger partial charge in [-0.2, -0.15) is 10.0 Å². The van der Waals surface area contributed by atoms with Crippen LogP contribution in [0.2, 0.25) is 0 Å². The second-order valence-corrected chi connectivity index (χ2v) is 5.76. The molecule has 1 aromatic rings. The Balaban J connectivity index is 2.52. The number of methoxy groups -OCH3 is 1. The Morgan fingerprint density at radius 1 is 1.00 bits per heavy atom. The average molecular weight is 409 g/mol. The van der Waals surface area contributed by atoms with Crippen LogP contribution in [-0.4, -0.2) is 66.2 Å². The van der Waals surface area contributed by atoms with Crippen molar-refractivity contribution in [3.8, 4) is 5.75 Å². The molecule has 1 unspecified atom stereocenters. The number of carbonyl (C=O) groups excluding carboxylic acids is 2. The van der Waals surface area contributed by atoms with Gasteiger partial charge in [-0.1, -0.05) is 0 Å². The summed E-state index contributed by atoms with van der Waals surface area (Å²) in [5.74, 6) is 0.815. The molecule has 28 heavy (non-hydrogen) atoms. The molecule has 0 N–H and O–H groups in total. The van der Waals surface area contributed by atoms with Crippen LogP contribution in [0, 0.1) is 0 Å². The monoisotopic (exact) mass is 409 g/mol. The Labute approximate surface area is 168 Å². The van der Waals surface area contributed by atoms with Crippen LogP contribution < -0.4 is 4.74 Å². The van der Waals surface area contributed by atoms with Gasteiger partial charge in [-0.15, -0.1) is 0 Å². The highest BCUT2D eigenvalue weighted by molar-refractivity contribution is 7.80. The predicted octanol–water partition coefficient (Wildman–Crippen LogP) is 2.98. The highest BCUT2D eigenvalue weighted by Gasteiger charge is 2.46. The zero-order valence-electron chi connectivity index (χ0n) is 16.2. The lowest BCUT2D eigenvalue weighted by molar-refractivity contribution is 0.0175. The van der Waals surface area contributed by atoms with Crippen molar-refractivity contribution in [2.24, 2.45) is 4.99 Å². The number of benzene rings is 1. The Morgan fingerprint density at radius 3 is 2.11 bits per heavy atom. The van der Waals surface area contributed by atoms with Gasteiger partial charge in [-0.3, -0.25) is 0 Å². The number of hydrogen-bond acceptors (Lipinski definition) is 8. The zero-order chi connectivity index (χ0) is 20.7. The second-order valence-electron chi connectivity index (χ2n) is 5.36. The van der Waals surface area contributed by atoms with E-state index in [0.29, 0.717) is 17.9 Å². The van der Waals surface area contributed by atoms with Crippen molar-refractivity contribution >= 4 is 35.3 Å². The fourth-order valence-corrected chi connectivity index (χ4v) is 2.74. The molecule has 2 rings (SSSR count). The first-order valence-corrected chi connectivity index (χ1v) is 9.20. The molecule has 1 aliphatic heterocycles. The topological polar surface area (TPSA) is 89.9 Å². The molecule has 0 spiro atoms. The summed E-state index contributed by atoms with van der Waals surface area (Å²) >= 11 is 5.26. The lowest BCUT2D eigenvalue weighted by Gasteiger charge is -2.30. The molecule has 2 amide bonds. The Bertz CT molecular complexity index is 752. The first-order valence-electron chi connectivity index (χ1n) is 8.80. The summed E-state index contributed by atoms with van der Waals surface area (Å²) in [5, 5.41) is 2.05. The van der Waals surface area contributed by atoms with E-state index in [4.69, 9.17) is 31.2 Å². The van der Waals surface area contributed by atoms with Crippen LogP contribution in [0.3, 0.4) is 0 Å². The molecule has 0 fully saturated rings. The third kappa shape index (κ3) is 4.50. The van der Waals surface area contributed by atoms with Crippen LogP contribution in [-0.2, 0) is 14.2 Å². The first-order chi connectivity index (χ1) is 13.5. The van der Waals surface area contributed by atoms with Crippen LogP contribution in [0.1, 0.15) is 26.3 Å². The van der Waals surface area contributed by atoms with E-state index >= 15 is 0 Å². The van der Waals surface area contributed by atoms with Crippen LogP contribution in [0.4, 0.5) is 9.59 Å². The molecule has 152 valence electrons. The smallest absolute Gasteiger partial charge is 0.435 e. The van der Waals surface area contributed by atoms with Crippen molar-refractivity contribution < 1.29 is 28.5 Å². The Morgan fingerprint density at radius 2 is 1.57 bits per heavy atom. The number of amidine groups is 1. The maximum absolute atomic E-state index is 12.7. The van der Waals surface area contributed by atoms with Gasteiger partial charge >= 0.3 is 12.2 Å². The highest BCUT2D eigenvalue weighted by atomic mass is 32.1. The van der Waals surface area contributed by atoms with Gasteiger partial charge in [-0.25, -0.2) is 14.6 Å². The fraction of sp³-hybridized carbons (Fsp3) is 0.444. The predicted molar refractivity (Wildman–Crippen MR) is 105 cm³/mol. The summed E-state index contributed by atoms with van der Waals surface area (Å²) in [6, 6.07) is 6.84. The van der Waals surface area contributed by atoms with Crippen molar-refractivity contribution in [2.75, 3.05) is 26.9 Å². The van der Waals surface area contributed by atoms with E-state index in [1.165, 1.54) is 0 Å². The maximum Gasteiger partial charge on any atom is 0.435 e. The zero-order valence-corrected chi connectivity index (χ0v) is 17.0. The molecule has 1 aliphatic rings. The summed E-state index contributed by atoms with van der Waals surface area (Å²) in [5.41, 5.74) is 0.560. The number of hydrogen-bond donors (Lipinski definition) is 0. The molecule has 1 aromatic carbocycles. The Kier molecular flexibility index (Phi) is 7.56. The normalized spacial score (nSPS) is 15.7. The average Bonchev–Trinajstić information content (AvgIpc) is 3.09. The van der Waals surface area contributed by atoms with E-state index in [0.717, 1.165) is 10.0 Å². The first kappa shape index (κ1) is 21.4. The number of hydrazine groups is 1. The van der Waals surface area contributed by atoms with Gasteiger partial charge in [0.2, 0.25) is 11.2 Å². The minimum atomic E-state index is -1.05. The molecule has 0 saturated heterocycles. The quantitative estimate of drug-likeness (QED) is 0.667. The second kappa shape index (κ2) is 9.88. The number of nitrogens with zero attached hydrogens (tertiary/aromatic N) is 3. The summed E-state index contributed by atoms with van der Waals surface area (Å²) in [6.07, 6.45) is -2.63. The van der Waals surface area contributed by atoms with Gasteiger partial charge in [0.25, 0.3) is 0 Å². The molecule has 9 nitrogen and oxygen atoms in total. The van der Waals surface area contributed by atoms with Crippen molar-refractivity contribution in [2.45, 2.75) is 26.9 Å². The fourth-order valence-electron chi connectivity index (χ4n) is 2.47. The van der Waals surface area contributed by atoms with E-state index in [1.807, 2.05) is 0 Å². The molecule has 0 bridgehead atoms. The number of ether oxygens (including phenoxy) is 4. The summed E-state index contributed by atoms with van der Waals surface area (Å²) in [4.78, 5) is 29.7. The third-order valence-electron chi connectivity index (χ3n) is 3.63. The minimum Gasteiger partial charge on any atom is -0.497 e. The van der Waals surface area contributed by atoms with Crippen LogP contribution in [0.15, 0.2) is 29.3 Å². The molecular formula is C18H23N3O6S. The number of amides is 2. The van der Waals surface area contributed by atoms with Gasteiger partial charge in [-0.05, 0) is 57.3 Å². The summed E-state index contributed by atoms with van der Waals surface area (Å²) in [7, 11) is 1.55. The van der Waals surface area contributed by atoms with Crippen molar-refractivity contribution in [3.63, 3.8) is 0 Å². The van der Waals surface area contributed by atoms with Gasteiger partial charge in [0.15, 0.2) is 5.84 Å². The number of carbonyl (C=O) groups is 2. The lowest BCUT2D eigenvalue weighted by Crippen LogP contribution is -2.54. The molecule has 0 aliphatic carbocycles. The van der Waals surface area contributed by atoms with Gasteiger partial charge in [0.1, 0.15) is 5.75 Å². The molecule has 0 radical (unpaired) electrons. The van der Waals surface area contributed by atoms with Crippen LogP contribution in [0.5, 0.6) is 5.75 Å². The molecular weight excluding hydrogens is 386 g/mol. The van der Waals surface area contributed by atoms with E-state index in [-0.39, 0.29) is 24.1 Å².